The molecule has 1 aromatic heterocycles. The van der Waals surface area contributed by atoms with Gasteiger partial charge in [-0.2, -0.15) is 0 Å². The number of hydrogen-bond acceptors (Lipinski definition) is 4. The highest BCUT2D eigenvalue weighted by Crippen LogP contribution is 2.26. The molecule has 0 fully saturated rings. The van der Waals surface area contributed by atoms with Crippen LogP contribution in [0.15, 0.2) is 53.4 Å². The Balaban J connectivity index is 1.45. The van der Waals surface area contributed by atoms with E-state index in [1.54, 1.807) is 11.3 Å². The summed E-state index contributed by atoms with van der Waals surface area (Å²) in [6, 6.07) is 15.6. The van der Waals surface area contributed by atoms with Crippen LogP contribution in [0.4, 0.5) is 0 Å². The van der Waals surface area contributed by atoms with E-state index in [9.17, 15) is 4.79 Å². The molecule has 0 radical (unpaired) electrons. The molecule has 0 aliphatic heterocycles. The maximum absolute atomic E-state index is 11.9. The summed E-state index contributed by atoms with van der Waals surface area (Å²) in [5.41, 5.74) is 1.02. The van der Waals surface area contributed by atoms with Crippen molar-refractivity contribution in [2.75, 3.05) is 12.3 Å². The van der Waals surface area contributed by atoms with Crippen LogP contribution in [-0.2, 0) is 11.2 Å². The molecule has 0 aliphatic rings. The maximum Gasteiger partial charge on any atom is 0.230 e. The topological polar surface area (TPSA) is 42.0 Å². The Morgan fingerprint density at radius 2 is 1.96 bits per heavy atom. The number of benzene rings is 2. The van der Waals surface area contributed by atoms with Gasteiger partial charge in [-0.05, 0) is 24.3 Å². The highest BCUT2D eigenvalue weighted by atomic mass is 35.5. The highest BCUT2D eigenvalue weighted by molar-refractivity contribution is 8.00. The van der Waals surface area contributed by atoms with E-state index in [1.165, 1.54) is 16.5 Å². The summed E-state index contributed by atoms with van der Waals surface area (Å²) in [5, 5.41) is 4.66. The highest BCUT2D eigenvalue weighted by Gasteiger charge is 2.07. The number of thiazole rings is 1. The van der Waals surface area contributed by atoms with Gasteiger partial charge in [-0.3, -0.25) is 4.79 Å². The second-order valence-electron chi connectivity index (χ2n) is 4.89. The third kappa shape index (κ3) is 4.47. The van der Waals surface area contributed by atoms with Gasteiger partial charge in [-0.25, -0.2) is 4.98 Å². The van der Waals surface area contributed by atoms with Gasteiger partial charge >= 0.3 is 0 Å². The minimum Gasteiger partial charge on any atom is -0.355 e. The van der Waals surface area contributed by atoms with Crippen molar-refractivity contribution in [3.8, 4) is 0 Å². The Kier molecular flexibility index (Phi) is 5.54. The molecule has 6 heteroatoms. The quantitative estimate of drug-likeness (QED) is 0.661. The van der Waals surface area contributed by atoms with Gasteiger partial charge in [0.1, 0.15) is 0 Å². The fraction of sp³-hybridized carbons (Fsp3) is 0.176. The number of halogens is 1. The normalized spacial score (nSPS) is 10.8. The smallest absolute Gasteiger partial charge is 0.230 e. The lowest BCUT2D eigenvalue weighted by atomic mass is 10.3. The maximum atomic E-state index is 11.9. The summed E-state index contributed by atoms with van der Waals surface area (Å²) in [4.78, 5) is 17.4. The molecular weight excluding hydrogens is 348 g/mol. The van der Waals surface area contributed by atoms with Crippen molar-refractivity contribution < 1.29 is 4.79 Å². The molecule has 3 nitrogen and oxygen atoms in total. The molecule has 23 heavy (non-hydrogen) atoms. The summed E-state index contributed by atoms with van der Waals surface area (Å²) >= 11 is 9.20. The van der Waals surface area contributed by atoms with E-state index >= 15 is 0 Å². The molecule has 0 atom stereocenters. The van der Waals surface area contributed by atoms with Crippen molar-refractivity contribution >= 4 is 50.8 Å². The zero-order valence-corrected chi connectivity index (χ0v) is 14.7. The first-order valence-corrected chi connectivity index (χ1v) is 9.39. The van der Waals surface area contributed by atoms with Gasteiger partial charge in [-0.15, -0.1) is 23.1 Å². The molecule has 0 spiro atoms. The molecule has 118 valence electrons. The lowest BCUT2D eigenvalue weighted by molar-refractivity contribution is -0.118. The summed E-state index contributed by atoms with van der Waals surface area (Å²) in [6.07, 6.45) is 0.752. The van der Waals surface area contributed by atoms with Crippen LogP contribution in [-0.4, -0.2) is 23.2 Å². The fourth-order valence-corrected chi connectivity index (χ4v) is 4.13. The molecule has 3 rings (SSSR count). The van der Waals surface area contributed by atoms with E-state index in [2.05, 4.69) is 16.4 Å². The van der Waals surface area contributed by atoms with E-state index in [1.807, 2.05) is 42.5 Å². The van der Waals surface area contributed by atoms with Gasteiger partial charge in [0.25, 0.3) is 0 Å². The molecule has 1 amide bonds. The number of amides is 1. The van der Waals surface area contributed by atoms with Crippen molar-refractivity contribution in [2.45, 2.75) is 11.3 Å². The number of nitrogens with one attached hydrogen (secondary N) is 1. The van der Waals surface area contributed by atoms with Crippen LogP contribution in [0, 0.1) is 0 Å². The third-order valence-electron chi connectivity index (χ3n) is 3.19. The molecule has 1 heterocycles. The van der Waals surface area contributed by atoms with E-state index in [0.717, 1.165) is 21.8 Å². The van der Waals surface area contributed by atoms with Crippen molar-refractivity contribution in [3.05, 3.63) is 58.6 Å². The SMILES string of the molecule is O=C(CSc1ccccc1Cl)NCCc1nc2ccccc2s1. The number of rotatable bonds is 6. The van der Waals surface area contributed by atoms with Gasteiger partial charge in [0.2, 0.25) is 5.91 Å². The van der Waals surface area contributed by atoms with Crippen LogP contribution >= 0.6 is 34.7 Å². The molecule has 1 N–H and O–H groups in total. The van der Waals surface area contributed by atoms with Gasteiger partial charge < -0.3 is 5.32 Å². The zero-order valence-electron chi connectivity index (χ0n) is 12.3. The Morgan fingerprint density at radius 3 is 2.78 bits per heavy atom. The van der Waals surface area contributed by atoms with Gasteiger partial charge in [-0.1, -0.05) is 35.9 Å². The number of fused-ring (bicyclic) bond motifs is 1. The first-order valence-electron chi connectivity index (χ1n) is 7.21. The van der Waals surface area contributed by atoms with Gasteiger partial charge in [0.05, 0.1) is 26.0 Å². The van der Waals surface area contributed by atoms with E-state index in [-0.39, 0.29) is 5.91 Å². The van der Waals surface area contributed by atoms with Crippen LogP contribution < -0.4 is 5.32 Å². The van der Waals surface area contributed by atoms with E-state index < -0.39 is 0 Å². The van der Waals surface area contributed by atoms with Crippen LogP contribution in [0.5, 0.6) is 0 Å². The predicted molar refractivity (Wildman–Crippen MR) is 98.5 cm³/mol. The summed E-state index contributed by atoms with van der Waals surface area (Å²) in [6.45, 7) is 0.599. The van der Waals surface area contributed by atoms with Crippen LogP contribution in [0.1, 0.15) is 5.01 Å². The first-order chi connectivity index (χ1) is 11.2. The van der Waals surface area contributed by atoms with Gasteiger partial charge in [0, 0.05) is 17.9 Å². The Morgan fingerprint density at radius 1 is 1.17 bits per heavy atom. The van der Waals surface area contributed by atoms with Crippen LogP contribution in [0.25, 0.3) is 10.2 Å². The Hall–Kier alpha value is -1.56. The Bertz CT molecular complexity index is 786. The third-order valence-corrected chi connectivity index (χ3v) is 5.81. The lowest BCUT2D eigenvalue weighted by Crippen LogP contribution is -2.27. The van der Waals surface area contributed by atoms with Gasteiger partial charge in [0.15, 0.2) is 0 Å². The molecule has 2 aromatic carbocycles. The molecule has 0 saturated heterocycles. The molecule has 0 unspecified atom stereocenters. The molecule has 0 saturated carbocycles. The standard InChI is InChI=1S/C17H15ClN2OS2/c18-12-5-1-3-7-14(12)22-11-16(21)19-10-9-17-20-13-6-2-4-8-15(13)23-17/h1-8H,9-11H2,(H,19,21). The average Bonchev–Trinajstić information content (AvgIpc) is 2.97. The second-order valence-corrected chi connectivity index (χ2v) is 7.43. The van der Waals surface area contributed by atoms with Crippen molar-refractivity contribution in [3.63, 3.8) is 0 Å². The number of aromatic nitrogens is 1. The Labute approximate surface area is 148 Å². The molecule has 3 aromatic rings. The summed E-state index contributed by atoms with van der Waals surface area (Å²) < 4.78 is 1.18. The predicted octanol–water partition coefficient (Wildman–Crippen LogP) is 4.40. The number of hydrogen-bond donors (Lipinski definition) is 1. The molecule has 0 bridgehead atoms. The van der Waals surface area contributed by atoms with Crippen LogP contribution in [0.2, 0.25) is 5.02 Å². The number of nitrogens with zero attached hydrogens (tertiary/aromatic N) is 1. The summed E-state index contributed by atoms with van der Waals surface area (Å²) in [5.74, 6) is 0.375. The lowest BCUT2D eigenvalue weighted by Gasteiger charge is -2.05. The molecule has 0 aliphatic carbocycles. The van der Waals surface area contributed by atoms with E-state index in [4.69, 9.17) is 11.6 Å². The fourth-order valence-electron chi connectivity index (χ4n) is 2.09. The number of carbonyl (C=O) groups excluding carboxylic acids is 1. The van der Waals surface area contributed by atoms with Crippen molar-refractivity contribution in [2.24, 2.45) is 0 Å². The summed E-state index contributed by atoms with van der Waals surface area (Å²) in [7, 11) is 0. The molecular formula is C17H15ClN2OS2. The second kappa shape index (κ2) is 7.81. The van der Waals surface area contributed by atoms with Crippen LogP contribution in [0.3, 0.4) is 0 Å². The number of carbonyl (C=O) groups is 1. The minimum absolute atomic E-state index is 0.0102. The average molecular weight is 363 g/mol. The largest absolute Gasteiger partial charge is 0.355 e. The van der Waals surface area contributed by atoms with E-state index in [0.29, 0.717) is 17.3 Å². The number of thioether (sulfide) groups is 1. The van der Waals surface area contributed by atoms with Crippen molar-refractivity contribution in [1.29, 1.82) is 0 Å². The number of para-hydroxylation sites is 1. The zero-order chi connectivity index (χ0) is 16.1. The monoisotopic (exact) mass is 362 g/mol. The first kappa shape index (κ1) is 16.3. The van der Waals surface area contributed by atoms with Crippen molar-refractivity contribution in [1.82, 2.24) is 10.3 Å². The minimum atomic E-state index is 0.0102.